The summed E-state index contributed by atoms with van der Waals surface area (Å²) in [4.78, 5) is 18.9. The lowest BCUT2D eigenvalue weighted by Gasteiger charge is -2.29. The van der Waals surface area contributed by atoms with E-state index < -0.39 is 0 Å². The van der Waals surface area contributed by atoms with Crippen LogP contribution in [0.3, 0.4) is 0 Å². The average Bonchev–Trinajstić information content (AvgIpc) is 2.96. The van der Waals surface area contributed by atoms with E-state index in [9.17, 15) is 4.79 Å². The minimum absolute atomic E-state index is 0.0282. The topological polar surface area (TPSA) is 54.5 Å². The fraction of sp³-hybridized carbons (Fsp3) is 0.500. The number of thiazole rings is 1. The summed E-state index contributed by atoms with van der Waals surface area (Å²) >= 11 is 1.69. The van der Waals surface area contributed by atoms with Gasteiger partial charge in [0.25, 0.3) is 0 Å². The monoisotopic (exact) mass is 319 g/mol. The van der Waals surface area contributed by atoms with Crippen molar-refractivity contribution >= 4 is 27.5 Å². The molecule has 0 radical (unpaired) electrons. The van der Waals surface area contributed by atoms with E-state index in [0.717, 1.165) is 17.1 Å². The fourth-order valence-corrected chi connectivity index (χ4v) is 3.51. The summed E-state index contributed by atoms with van der Waals surface area (Å²) in [5.41, 5.74) is 1.03. The molecule has 3 rings (SSSR count). The van der Waals surface area contributed by atoms with Gasteiger partial charge in [0.1, 0.15) is 6.10 Å². The number of hydrogen-bond acceptors (Lipinski definition) is 5. The quantitative estimate of drug-likeness (QED) is 0.934. The van der Waals surface area contributed by atoms with Crippen LogP contribution in [0.5, 0.6) is 0 Å². The molecule has 6 heteroatoms. The third-order valence-electron chi connectivity index (χ3n) is 3.88. The van der Waals surface area contributed by atoms with E-state index in [1.54, 1.807) is 11.3 Å². The number of likely N-dealkylation sites (N-methyl/N-ethyl adjacent to an activating group) is 1. The van der Waals surface area contributed by atoms with Crippen molar-refractivity contribution in [2.24, 2.45) is 0 Å². The smallest absolute Gasteiger partial charge is 0.250 e. The Morgan fingerprint density at radius 2 is 2.36 bits per heavy atom. The number of rotatable bonds is 4. The predicted molar refractivity (Wildman–Crippen MR) is 88.3 cm³/mol. The number of carbonyl (C=O) groups is 1. The summed E-state index contributed by atoms with van der Waals surface area (Å²) in [6.07, 6.45) is -0.360. The van der Waals surface area contributed by atoms with Crippen LogP contribution in [-0.4, -0.2) is 55.2 Å². The van der Waals surface area contributed by atoms with Crippen LogP contribution >= 0.6 is 11.3 Å². The Bertz CT molecular complexity index is 625. The molecule has 1 saturated heterocycles. The number of nitrogens with one attached hydrogen (secondary N) is 1. The van der Waals surface area contributed by atoms with Crippen molar-refractivity contribution in [3.05, 3.63) is 29.3 Å². The number of hydrogen-bond donors (Lipinski definition) is 1. The highest BCUT2D eigenvalue weighted by molar-refractivity contribution is 7.18. The average molecular weight is 319 g/mol. The number of fused-ring (bicyclic) bond motifs is 1. The molecule has 1 amide bonds. The molecule has 0 bridgehead atoms. The molecule has 1 fully saturated rings. The molecule has 1 aliphatic rings. The lowest BCUT2D eigenvalue weighted by molar-refractivity contribution is -0.137. The standard InChI is InChI=1S/C16H21N3O2S/c1-11(16-18-12-5-3-4-6-14(12)22-16)9-17-15(20)13-10-19(2)7-8-21-13/h3-6,11,13H,7-10H2,1-2H3,(H,17,20)/t11-,13-/m0/s1. The number of para-hydroxylation sites is 1. The minimum atomic E-state index is -0.360. The van der Waals surface area contributed by atoms with Gasteiger partial charge in [-0.25, -0.2) is 4.98 Å². The van der Waals surface area contributed by atoms with Gasteiger partial charge >= 0.3 is 0 Å². The Labute approximate surface area is 134 Å². The van der Waals surface area contributed by atoms with Gasteiger partial charge in [0.2, 0.25) is 5.91 Å². The largest absolute Gasteiger partial charge is 0.366 e. The summed E-state index contributed by atoms with van der Waals surface area (Å²) in [5.74, 6) is 0.169. The number of amides is 1. The molecule has 22 heavy (non-hydrogen) atoms. The first kappa shape index (κ1) is 15.4. The third-order valence-corrected chi connectivity index (χ3v) is 5.14. The van der Waals surface area contributed by atoms with E-state index in [4.69, 9.17) is 4.74 Å². The first-order chi connectivity index (χ1) is 10.6. The second-order valence-electron chi connectivity index (χ2n) is 5.79. The van der Waals surface area contributed by atoms with Crippen molar-refractivity contribution in [2.45, 2.75) is 18.9 Å². The van der Waals surface area contributed by atoms with Crippen LogP contribution in [-0.2, 0) is 9.53 Å². The molecule has 5 nitrogen and oxygen atoms in total. The lowest BCUT2D eigenvalue weighted by atomic mass is 10.2. The molecule has 0 spiro atoms. The molecule has 2 aromatic rings. The second-order valence-corrected chi connectivity index (χ2v) is 6.85. The molecule has 2 heterocycles. The highest BCUT2D eigenvalue weighted by Gasteiger charge is 2.25. The van der Waals surface area contributed by atoms with Crippen LogP contribution in [0.4, 0.5) is 0 Å². The molecule has 1 aromatic carbocycles. The SMILES string of the molecule is C[C@@H](CNC(=O)[C@@H]1CN(C)CCO1)c1nc2ccccc2s1. The van der Waals surface area contributed by atoms with Crippen molar-refractivity contribution < 1.29 is 9.53 Å². The van der Waals surface area contributed by atoms with Gasteiger partial charge in [-0.15, -0.1) is 11.3 Å². The summed E-state index contributed by atoms with van der Waals surface area (Å²) < 4.78 is 6.72. The van der Waals surface area contributed by atoms with Gasteiger partial charge in [0.05, 0.1) is 21.8 Å². The number of nitrogens with zero attached hydrogens (tertiary/aromatic N) is 2. The normalized spacial score (nSPS) is 20.9. The molecule has 0 saturated carbocycles. The van der Waals surface area contributed by atoms with E-state index in [1.807, 2.05) is 25.2 Å². The highest BCUT2D eigenvalue weighted by atomic mass is 32.1. The third kappa shape index (κ3) is 3.45. The van der Waals surface area contributed by atoms with E-state index in [0.29, 0.717) is 19.7 Å². The zero-order valence-electron chi connectivity index (χ0n) is 12.9. The highest BCUT2D eigenvalue weighted by Crippen LogP contribution is 2.26. The Balaban J connectivity index is 1.57. The van der Waals surface area contributed by atoms with Crippen LogP contribution in [0.2, 0.25) is 0 Å². The maximum Gasteiger partial charge on any atom is 0.250 e. The van der Waals surface area contributed by atoms with Crippen molar-refractivity contribution in [1.29, 1.82) is 0 Å². The second kappa shape index (κ2) is 6.73. The molecule has 1 aromatic heterocycles. The summed E-state index contributed by atoms with van der Waals surface area (Å²) in [5, 5.41) is 4.05. The molecule has 0 unspecified atom stereocenters. The minimum Gasteiger partial charge on any atom is -0.366 e. The van der Waals surface area contributed by atoms with E-state index in [-0.39, 0.29) is 17.9 Å². The maximum absolute atomic E-state index is 12.2. The Morgan fingerprint density at radius 1 is 1.55 bits per heavy atom. The predicted octanol–water partition coefficient (Wildman–Crippen LogP) is 1.85. The van der Waals surface area contributed by atoms with Gasteiger partial charge in [-0.3, -0.25) is 4.79 Å². The van der Waals surface area contributed by atoms with Crippen LogP contribution in [0.1, 0.15) is 17.8 Å². The first-order valence-corrected chi connectivity index (χ1v) is 8.38. The van der Waals surface area contributed by atoms with Crippen molar-refractivity contribution in [3.63, 3.8) is 0 Å². The number of aromatic nitrogens is 1. The van der Waals surface area contributed by atoms with Crippen molar-refractivity contribution in [2.75, 3.05) is 33.3 Å². The summed E-state index contributed by atoms with van der Waals surface area (Å²) in [7, 11) is 2.01. The fourth-order valence-electron chi connectivity index (χ4n) is 2.49. The van der Waals surface area contributed by atoms with Gasteiger partial charge in [0, 0.05) is 25.6 Å². The number of morpholine rings is 1. The van der Waals surface area contributed by atoms with E-state index in [2.05, 4.69) is 28.2 Å². The summed E-state index contributed by atoms with van der Waals surface area (Å²) in [6, 6.07) is 8.11. The van der Waals surface area contributed by atoms with Gasteiger partial charge in [-0.2, -0.15) is 0 Å². The van der Waals surface area contributed by atoms with Gasteiger partial charge in [-0.05, 0) is 19.2 Å². The summed E-state index contributed by atoms with van der Waals surface area (Å²) in [6.45, 7) is 4.82. The van der Waals surface area contributed by atoms with E-state index >= 15 is 0 Å². The van der Waals surface area contributed by atoms with Gasteiger partial charge in [-0.1, -0.05) is 19.1 Å². The van der Waals surface area contributed by atoms with Crippen molar-refractivity contribution in [3.8, 4) is 0 Å². The van der Waals surface area contributed by atoms with Gasteiger partial charge < -0.3 is 15.0 Å². The molecule has 1 N–H and O–H groups in total. The van der Waals surface area contributed by atoms with Crippen LogP contribution in [0, 0.1) is 0 Å². The van der Waals surface area contributed by atoms with Crippen LogP contribution < -0.4 is 5.32 Å². The Morgan fingerprint density at radius 3 is 3.14 bits per heavy atom. The van der Waals surface area contributed by atoms with Crippen molar-refractivity contribution in [1.82, 2.24) is 15.2 Å². The Kier molecular flexibility index (Phi) is 4.71. The lowest BCUT2D eigenvalue weighted by Crippen LogP contribution is -2.48. The van der Waals surface area contributed by atoms with Crippen LogP contribution in [0.25, 0.3) is 10.2 Å². The number of ether oxygens (including phenoxy) is 1. The van der Waals surface area contributed by atoms with Crippen LogP contribution in [0.15, 0.2) is 24.3 Å². The van der Waals surface area contributed by atoms with E-state index in [1.165, 1.54) is 4.70 Å². The molecular formula is C16H21N3O2S. The number of carbonyl (C=O) groups excluding carboxylic acids is 1. The molecule has 1 aliphatic heterocycles. The molecular weight excluding hydrogens is 298 g/mol. The molecule has 118 valence electrons. The molecule has 2 atom stereocenters. The Hall–Kier alpha value is -1.50. The molecule has 0 aliphatic carbocycles. The maximum atomic E-state index is 12.2. The first-order valence-electron chi connectivity index (χ1n) is 7.57. The zero-order valence-corrected chi connectivity index (χ0v) is 13.7. The zero-order chi connectivity index (χ0) is 15.5. The number of benzene rings is 1. The van der Waals surface area contributed by atoms with Gasteiger partial charge in [0.15, 0.2) is 0 Å².